The SMILES string of the molecule is CCc1cc(CC)c(-c2cc(C)cc(N)c2)c(CC)c1. The molecule has 0 aliphatic carbocycles. The first-order valence-corrected chi connectivity index (χ1v) is 7.61. The van der Waals surface area contributed by atoms with E-state index < -0.39 is 0 Å². The highest BCUT2D eigenvalue weighted by Gasteiger charge is 2.11. The molecule has 0 aliphatic rings. The summed E-state index contributed by atoms with van der Waals surface area (Å²) in [6.07, 6.45) is 3.21. The second-order valence-corrected chi connectivity index (χ2v) is 5.48. The Morgan fingerprint density at radius 3 is 1.85 bits per heavy atom. The van der Waals surface area contributed by atoms with E-state index in [1.807, 2.05) is 6.07 Å². The average molecular weight is 267 g/mol. The molecular formula is C19H25N. The van der Waals surface area contributed by atoms with E-state index >= 15 is 0 Å². The fraction of sp³-hybridized carbons (Fsp3) is 0.368. The lowest BCUT2D eigenvalue weighted by Gasteiger charge is -2.17. The number of rotatable bonds is 4. The van der Waals surface area contributed by atoms with Crippen molar-refractivity contribution in [2.24, 2.45) is 0 Å². The highest BCUT2D eigenvalue weighted by molar-refractivity contribution is 5.75. The minimum Gasteiger partial charge on any atom is -0.399 e. The minimum atomic E-state index is 0.851. The van der Waals surface area contributed by atoms with Crippen molar-refractivity contribution in [1.82, 2.24) is 0 Å². The van der Waals surface area contributed by atoms with Gasteiger partial charge in [-0.25, -0.2) is 0 Å². The normalized spacial score (nSPS) is 10.8. The molecule has 0 bridgehead atoms. The van der Waals surface area contributed by atoms with Crippen LogP contribution in [0.5, 0.6) is 0 Å². The quantitative estimate of drug-likeness (QED) is 0.781. The summed E-state index contributed by atoms with van der Waals surface area (Å²) in [5.41, 5.74) is 15.1. The molecule has 0 saturated heterocycles. The van der Waals surface area contributed by atoms with Crippen molar-refractivity contribution in [1.29, 1.82) is 0 Å². The highest BCUT2D eigenvalue weighted by Crippen LogP contribution is 2.32. The Morgan fingerprint density at radius 2 is 1.40 bits per heavy atom. The van der Waals surface area contributed by atoms with Crippen molar-refractivity contribution < 1.29 is 0 Å². The van der Waals surface area contributed by atoms with E-state index in [1.54, 1.807) is 0 Å². The van der Waals surface area contributed by atoms with Gasteiger partial charge in [0.2, 0.25) is 0 Å². The maximum atomic E-state index is 6.04. The van der Waals surface area contributed by atoms with E-state index in [0.717, 1.165) is 24.9 Å². The van der Waals surface area contributed by atoms with Crippen LogP contribution in [0.25, 0.3) is 11.1 Å². The van der Waals surface area contributed by atoms with E-state index in [4.69, 9.17) is 5.73 Å². The van der Waals surface area contributed by atoms with Crippen LogP contribution in [0.15, 0.2) is 30.3 Å². The summed E-state index contributed by atoms with van der Waals surface area (Å²) in [5.74, 6) is 0. The topological polar surface area (TPSA) is 26.0 Å². The Labute approximate surface area is 122 Å². The third-order valence-electron chi connectivity index (χ3n) is 3.92. The van der Waals surface area contributed by atoms with Gasteiger partial charge in [0.05, 0.1) is 0 Å². The average Bonchev–Trinajstić information content (AvgIpc) is 2.44. The molecule has 106 valence electrons. The van der Waals surface area contributed by atoms with Crippen molar-refractivity contribution in [2.75, 3.05) is 5.73 Å². The fourth-order valence-corrected chi connectivity index (χ4v) is 2.93. The van der Waals surface area contributed by atoms with E-state index in [0.29, 0.717) is 0 Å². The predicted molar refractivity (Wildman–Crippen MR) is 89.2 cm³/mol. The zero-order chi connectivity index (χ0) is 14.7. The third kappa shape index (κ3) is 2.87. The standard InChI is InChI=1S/C19H25N/c1-5-14-10-15(6-2)19(16(7-3)11-14)17-8-13(4)9-18(20)12-17/h8-12H,5-7,20H2,1-4H3. The Balaban J connectivity index is 2.70. The molecule has 2 aromatic rings. The molecule has 0 spiro atoms. The lowest BCUT2D eigenvalue weighted by molar-refractivity contribution is 1.05. The second kappa shape index (κ2) is 6.13. The molecule has 0 unspecified atom stereocenters. The van der Waals surface area contributed by atoms with Gasteiger partial charge < -0.3 is 5.73 Å². The van der Waals surface area contributed by atoms with Crippen molar-refractivity contribution in [3.63, 3.8) is 0 Å². The first-order valence-electron chi connectivity index (χ1n) is 7.61. The van der Waals surface area contributed by atoms with Crippen LogP contribution in [0.4, 0.5) is 5.69 Å². The summed E-state index contributed by atoms with van der Waals surface area (Å²) in [4.78, 5) is 0. The lowest BCUT2D eigenvalue weighted by atomic mass is 9.88. The van der Waals surface area contributed by atoms with Gasteiger partial charge in [0, 0.05) is 5.69 Å². The van der Waals surface area contributed by atoms with Gasteiger partial charge in [0.15, 0.2) is 0 Å². The summed E-state index contributed by atoms with van der Waals surface area (Å²) < 4.78 is 0. The number of hydrogen-bond acceptors (Lipinski definition) is 1. The Bertz CT molecular complexity index is 566. The fourth-order valence-electron chi connectivity index (χ4n) is 2.93. The maximum Gasteiger partial charge on any atom is 0.0322 e. The molecule has 0 aromatic heterocycles. The van der Waals surface area contributed by atoms with Crippen LogP contribution in [-0.2, 0) is 19.3 Å². The van der Waals surface area contributed by atoms with Crippen LogP contribution in [0, 0.1) is 6.92 Å². The highest BCUT2D eigenvalue weighted by atomic mass is 14.5. The van der Waals surface area contributed by atoms with Crippen LogP contribution in [0.3, 0.4) is 0 Å². The summed E-state index contributed by atoms with van der Waals surface area (Å²) >= 11 is 0. The molecule has 20 heavy (non-hydrogen) atoms. The molecule has 0 heterocycles. The van der Waals surface area contributed by atoms with Gasteiger partial charge >= 0.3 is 0 Å². The van der Waals surface area contributed by atoms with Crippen LogP contribution in [0.2, 0.25) is 0 Å². The third-order valence-corrected chi connectivity index (χ3v) is 3.92. The zero-order valence-corrected chi connectivity index (χ0v) is 13.1. The van der Waals surface area contributed by atoms with E-state index in [-0.39, 0.29) is 0 Å². The molecule has 2 rings (SSSR count). The zero-order valence-electron chi connectivity index (χ0n) is 13.1. The molecule has 2 N–H and O–H groups in total. The van der Waals surface area contributed by atoms with Gasteiger partial charge in [-0.1, -0.05) is 39.0 Å². The van der Waals surface area contributed by atoms with Crippen LogP contribution < -0.4 is 5.73 Å². The van der Waals surface area contributed by atoms with E-state index in [2.05, 4.69) is 52.0 Å². The van der Waals surface area contributed by atoms with E-state index in [9.17, 15) is 0 Å². The number of benzene rings is 2. The molecule has 1 heteroatoms. The largest absolute Gasteiger partial charge is 0.399 e. The molecule has 0 radical (unpaired) electrons. The Hall–Kier alpha value is -1.76. The predicted octanol–water partition coefficient (Wildman–Crippen LogP) is 4.93. The molecule has 0 amide bonds. The minimum absolute atomic E-state index is 0.851. The van der Waals surface area contributed by atoms with Crippen molar-refractivity contribution in [3.8, 4) is 11.1 Å². The summed E-state index contributed by atoms with van der Waals surface area (Å²) in [6, 6.07) is 11.1. The molecule has 0 fully saturated rings. The van der Waals surface area contributed by atoms with Gasteiger partial charge in [0.25, 0.3) is 0 Å². The maximum absolute atomic E-state index is 6.04. The van der Waals surface area contributed by atoms with Crippen molar-refractivity contribution in [3.05, 3.63) is 52.6 Å². The van der Waals surface area contributed by atoms with Crippen LogP contribution in [-0.4, -0.2) is 0 Å². The second-order valence-electron chi connectivity index (χ2n) is 5.48. The molecule has 0 aliphatic heterocycles. The van der Waals surface area contributed by atoms with Gasteiger partial charge in [-0.15, -0.1) is 0 Å². The van der Waals surface area contributed by atoms with Gasteiger partial charge in [-0.2, -0.15) is 0 Å². The molecule has 2 aromatic carbocycles. The molecular weight excluding hydrogens is 242 g/mol. The number of nitrogens with two attached hydrogens (primary N) is 1. The number of hydrogen-bond donors (Lipinski definition) is 1. The van der Waals surface area contributed by atoms with Gasteiger partial charge in [0.1, 0.15) is 0 Å². The van der Waals surface area contributed by atoms with Gasteiger partial charge in [-0.3, -0.25) is 0 Å². The first-order chi connectivity index (χ1) is 9.58. The first kappa shape index (κ1) is 14.6. The summed E-state index contributed by atoms with van der Waals surface area (Å²) in [7, 11) is 0. The number of nitrogen functional groups attached to an aromatic ring is 1. The summed E-state index contributed by atoms with van der Waals surface area (Å²) in [6.45, 7) is 8.80. The van der Waals surface area contributed by atoms with Gasteiger partial charge in [-0.05, 0) is 71.7 Å². The number of aryl methyl sites for hydroxylation is 4. The monoisotopic (exact) mass is 267 g/mol. The Morgan fingerprint density at radius 1 is 0.800 bits per heavy atom. The van der Waals surface area contributed by atoms with Crippen molar-refractivity contribution in [2.45, 2.75) is 47.0 Å². The molecule has 0 saturated carbocycles. The smallest absolute Gasteiger partial charge is 0.0322 e. The van der Waals surface area contributed by atoms with Crippen LogP contribution >= 0.6 is 0 Å². The van der Waals surface area contributed by atoms with E-state index in [1.165, 1.54) is 33.4 Å². The Kier molecular flexibility index (Phi) is 4.49. The van der Waals surface area contributed by atoms with Crippen molar-refractivity contribution >= 4 is 5.69 Å². The molecule has 1 nitrogen and oxygen atoms in total. The lowest BCUT2D eigenvalue weighted by Crippen LogP contribution is -1.99. The summed E-state index contributed by atoms with van der Waals surface area (Å²) in [5, 5.41) is 0. The number of anilines is 1. The van der Waals surface area contributed by atoms with Crippen LogP contribution in [0.1, 0.15) is 43.0 Å². The molecule has 0 atom stereocenters.